The Bertz CT molecular complexity index is 1620. The molecule has 43 heavy (non-hydrogen) atoms. The number of nitrogens with one attached hydrogen (secondary N) is 2. The molecule has 0 aliphatic rings. The fourth-order valence-corrected chi connectivity index (χ4v) is 5.72. The van der Waals surface area contributed by atoms with Crippen LogP contribution in [0.4, 0.5) is 0 Å². The molecule has 0 amide bonds. The normalized spacial score (nSPS) is 9.95. The maximum atomic E-state index is 8.47. The lowest BCUT2D eigenvalue weighted by atomic mass is 9.83. The van der Waals surface area contributed by atoms with Crippen LogP contribution >= 0.6 is 56.6 Å². The molecule has 9 nitrogen and oxygen atoms in total. The van der Waals surface area contributed by atoms with Crippen molar-refractivity contribution in [2.45, 2.75) is 6.54 Å². The number of thiophene rings is 3. The molecular formula is C29H28BIN6O3S3. The summed E-state index contributed by atoms with van der Waals surface area (Å²) in [5.41, 5.74) is 6.29. The lowest BCUT2D eigenvalue weighted by Crippen LogP contribution is -2.27. The molecular weight excluding hydrogens is 714 g/mol. The van der Waals surface area contributed by atoms with Crippen molar-refractivity contribution in [3.8, 4) is 28.3 Å². The van der Waals surface area contributed by atoms with Crippen molar-refractivity contribution in [1.29, 1.82) is 0 Å². The SMILES string of the molecule is COc1ccc(Cn2cnc(-c3ccsc3)c2)cc1.Ic1cnc[nH]1.OB(O)c1ccsc1.c1ncc(-c2ccsc2)[nH]1. The number of benzene rings is 1. The molecule has 0 atom stereocenters. The highest BCUT2D eigenvalue weighted by atomic mass is 127. The van der Waals surface area contributed by atoms with E-state index >= 15 is 0 Å². The Morgan fingerprint density at radius 3 is 2.02 bits per heavy atom. The Kier molecular flexibility index (Phi) is 13.2. The van der Waals surface area contributed by atoms with Crippen molar-refractivity contribution in [3.05, 3.63) is 122 Å². The number of aromatic nitrogens is 6. The van der Waals surface area contributed by atoms with Crippen LogP contribution in [0.15, 0.2) is 112 Å². The van der Waals surface area contributed by atoms with Gasteiger partial charge in [-0.25, -0.2) is 15.0 Å². The van der Waals surface area contributed by atoms with Gasteiger partial charge in [0, 0.05) is 34.6 Å². The predicted molar refractivity (Wildman–Crippen MR) is 185 cm³/mol. The summed E-state index contributed by atoms with van der Waals surface area (Å²) in [6.07, 6.45) is 10.9. The van der Waals surface area contributed by atoms with Gasteiger partial charge in [-0.1, -0.05) is 18.2 Å². The van der Waals surface area contributed by atoms with Crippen molar-refractivity contribution < 1.29 is 14.8 Å². The monoisotopic (exact) mass is 742 g/mol. The molecule has 14 heteroatoms. The largest absolute Gasteiger partial charge is 0.497 e. The Labute approximate surface area is 275 Å². The van der Waals surface area contributed by atoms with Gasteiger partial charge in [0.25, 0.3) is 0 Å². The van der Waals surface area contributed by atoms with E-state index in [0.29, 0.717) is 5.46 Å². The van der Waals surface area contributed by atoms with Crippen molar-refractivity contribution in [3.63, 3.8) is 0 Å². The van der Waals surface area contributed by atoms with Gasteiger partial charge in [0.05, 0.1) is 53.6 Å². The van der Waals surface area contributed by atoms with Crippen LogP contribution < -0.4 is 10.2 Å². The third kappa shape index (κ3) is 10.9. The highest BCUT2D eigenvalue weighted by molar-refractivity contribution is 14.1. The smallest absolute Gasteiger partial charge is 0.489 e. The van der Waals surface area contributed by atoms with Gasteiger partial charge in [0.15, 0.2) is 0 Å². The van der Waals surface area contributed by atoms with Crippen LogP contribution in [0, 0.1) is 3.70 Å². The predicted octanol–water partition coefficient (Wildman–Crippen LogP) is 6.25. The second-order valence-electron chi connectivity index (χ2n) is 8.60. The first-order valence-electron chi connectivity index (χ1n) is 12.7. The average molecular weight is 742 g/mol. The maximum absolute atomic E-state index is 8.47. The van der Waals surface area contributed by atoms with Gasteiger partial charge in [-0.2, -0.15) is 34.0 Å². The van der Waals surface area contributed by atoms with Gasteiger partial charge in [-0.3, -0.25) is 0 Å². The van der Waals surface area contributed by atoms with Crippen LogP contribution in [0.3, 0.4) is 0 Å². The van der Waals surface area contributed by atoms with E-state index in [9.17, 15) is 0 Å². The van der Waals surface area contributed by atoms with Crippen LogP contribution in [0.25, 0.3) is 22.5 Å². The molecule has 0 saturated heterocycles. The van der Waals surface area contributed by atoms with E-state index in [1.165, 1.54) is 28.0 Å². The molecule has 7 rings (SSSR count). The van der Waals surface area contributed by atoms with E-state index in [2.05, 4.69) is 104 Å². The Morgan fingerprint density at radius 2 is 1.53 bits per heavy atom. The molecule has 0 aliphatic carbocycles. The number of imidazole rings is 3. The van der Waals surface area contributed by atoms with Crippen molar-refractivity contribution in [1.82, 2.24) is 29.5 Å². The highest BCUT2D eigenvalue weighted by Gasteiger charge is 2.09. The summed E-state index contributed by atoms with van der Waals surface area (Å²) in [5.74, 6) is 0.883. The number of rotatable bonds is 6. The zero-order chi connectivity index (χ0) is 30.3. The van der Waals surface area contributed by atoms with E-state index < -0.39 is 7.12 Å². The zero-order valence-electron chi connectivity index (χ0n) is 22.9. The minimum Gasteiger partial charge on any atom is -0.497 e. The van der Waals surface area contributed by atoms with Gasteiger partial charge < -0.3 is 29.3 Å². The average Bonchev–Trinajstić information content (AvgIpc) is 3.87. The first kappa shape index (κ1) is 32.4. The van der Waals surface area contributed by atoms with E-state index in [1.807, 2.05) is 24.7 Å². The fraction of sp³-hybridized carbons (Fsp3) is 0.0690. The van der Waals surface area contributed by atoms with Gasteiger partial charge in [-0.15, -0.1) is 0 Å². The van der Waals surface area contributed by atoms with E-state index in [0.717, 1.165) is 27.4 Å². The molecule has 0 saturated carbocycles. The number of aromatic amines is 2. The van der Waals surface area contributed by atoms with Gasteiger partial charge in [0.2, 0.25) is 0 Å². The lowest BCUT2D eigenvalue weighted by Gasteiger charge is -2.04. The van der Waals surface area contributed by atoms with Crippen LogP contribution in [-0.2, 0) is 6.54 Å². The molecule has 0 radical (unpaired) electrons. The van der Waals surface area contributed by atoms with Gasteiger partial charge in [0.1, 0.15) is 5.75 Å². The first-order valence-corrected chi connectivity index (χ1v) is 16.6. The molecule has 0 bridgehead atoms. The van der Waals surface area contributed by atoms with E-state index in [-0.39, 0.29) is 0 Å². The van der Waals surface area contributed by atoms with Gasteiger partial charge in [-0.05, 0) is 79.4 Å². The van der Waals surface area contributed by atoms with Crippen LogP contribution in [0.1, 0.15) is 5.56 Å². The summed E-state index contributed by atoms with van der Waals surface area (Å²) < 4.78 is 8.32. The molecule has 0 aliphatic heterocycles. The highest BCUT2D eigenvalue weighted by Crippen LogP contribution is 2.21. The van der Waals surface area contributed by atoms with Crippen LogP contribution in [0.2, 0.25) is 0 Å². The second kappa shape index (κ2) is 17.6. The fourth-order valence-electron chi connectivity index (χ4n) is 3.44. The number of hydrogen-bond donors (Lipinski definition) is 4. The molecule has 0 unspecified atom stereocenters. The van der Waals surface area contributed by atoms with Gasteiger partial charge >= 0.3 is 7.12 Å². The molecule has 0 fully saturated rings. The molecule has 0 spiro atoms. The number of ether oxygens (including phenoxy) is 1. The summed E-state index contributed by atoms with van der Waals surface area (Å²) in [7, 11) is 0.374. The van der Waals surface area contributed by atoms with Crippen LogP contribution in [-0.4, -0.2) is 53.8 Å². The quantitative estimate of drug-likeness (QED) is 0.118. The summed E-state index contributed by atoms with van der Waals surface area (Å²) >= 11 is 6.98. The van der Waals surface area contributed by atoms with Crippen molar-refractivity contribution >= 4 is 69.2 Å². The molecule has 220 valence electrons. The zero-order valence-corrected chi connectivity index (χ0v) is 27.6. The minimum absolute atomic E-state index is 0.565. The molecule has 1 aromatic carbocycles. The number of methoxy groups -OCH3 is 1. The number of H-pyrrole nitrogens is 2. The summed E-state index contributed by atoms with van der Waals surface area (Å²) in [5, 5.41) is 28.8. The Hall–Kier alpha value is -3.54. The van der Waals surface area contributed by atoms with Crippen molar-refractivity contribution in [2.24, 2.45) is 0 Å². The lowest BCUT2D eigenvalue weighted by molar-refractivity contribution is 0.414. The van der Waals surface area contributed by atoms with Crippen LogP contribution in [0.5, 0.6) is 5.75 Å². The summed E-state index contributed by atoms with van der Waals surface area (Å²) in [6, 6.07) is 13.9. The number of nitrogens with zero attached hydrogens (tertiary/aromatic N) is 4. The third-order valence-electron chi connectivity index (χ3n) is 5.61. The topological polar surface area (TPSA) is 125 Å². The maximum Gasteiger partial charge on any atom is 0.489 e. The molecule has 6 heterocycles. The summed E-state index contributed by atoms with van der Waals surface area (Å²) in [6.45, 7) is 0.821. The van der Waals surface area contributed by atoms with Crippen molar-refractivity contribution in [2.75, 3.05) is 7.11 Å². The Morgan fingerprint density at radius 1 is 0.860 bits per heavy atom. The standard InChI is InChI=1S/C15H14N2OS.C7H6N2S.C4H5BO2S.C3H3IN2/c1-18-14-4-2-12(3-5-14)8-17-9-15(16-11-17)13-6-7-19-10-13;1-2-10-4-6(1)7-3-8-5-9-7;6-5(7)4-1-2-8-3-4;4-3-1-5-2-6-3/h2-7,9-11H,8H2,1H3;1-5H,(H,8,9);1-3,6-7H;1-2H,(H,5,6). The summed E-state index contributed by atoms with van der Waals surface area (Å²) in [4.78, 5) is 18.0. The first-order chi connectivity index (χ1) is 21.0. The second-order valence-corrected chi connectivity index (χ2v) is 12.1. The van der Waals surface area contributed by atoms with E-state index in [4.69, 9.17) is 14.8 Å². The Balaban J connectivity index is 0.000000147. The third-order valence-corrected chi connectivity index (χ3v) is 8.27. The minimum atomic E-state index is -1.30. The molecule has 4 N–H and O–H groups in total. The molecule has 6 aromatic heterocycles. The molecule has 7 aromatic rings. The number of hydrogen-bond acceptors (Lipinski definition) is 9. The number of halogens is 1. The van der Waals surface area contributed by atoms with E-state index in [1.54, 1.807) is 65.5 Å².